The van der Waals surface area contributed by atoms with Gasteiger partial charge in [0.15, 0.2) is 0 Å². The molecular weight excluding hydrogens is 216 g/mol. The summed E-state index contributed by atoms with van der Waals surface area (Å²) in [5, 5.41) is 6.07. The lowest BCUT2D eigenvalue weighted by molar-refractivity contribution is 0.0923. The minimum Gasteiger partial charge on any atom is -0.491 e. The molecule has 0 aliphatic carbocycles. The third-order valence-corrected chi connectivity index (χ3v) is 2.58. The molecule has 92 valence electrons. The van der Waals surface area contributed by atoms with Gasteiger partial charge in [0.1, 0.15) is 5.75 Å². The van der Waals surface area contributed by atoms with E-state index < -0.39 is 0 Å². The first-order valence-electron chi connectivity index (χ1n) is 5.93. The lowest BCUT2D eigenvalue weighted by atomic mass is 10.1. The van der Waals surface area contributed by atoms with Crippen molar-refractivity contribution in [2.75, 3.05) is 13.1 Å². The minimum atomic E-state index is -0.0364. The number of hydrogen-bond acceptors (Lipinski definition) is 3. The average molecular weight is 234 g/mol. The van der Waals surface area contributed by atoms with E-state index >= 15 is 0 Å². The Balaban J connectivity index is 2.01. The Kier molecular flexibility index (Phi) is 3.64. The number of nitrogens with one attached hydrogen (secondary N) is 2. The molecule has 4 nitrogen and oxygen atoms in total. The summed E-state index contributed by atoms with van der Waals surface area (Å²) in [6.07, 6.45) is 0.115. The zero-order valence-electron chi connectivity index (χ0n) is 10.2. The van der Waals surface area contributed by atoms with Crippen LogP contribution < -0.4 is 15.4 Å². The Bertz CT molecular complexity index is 400. The summed E-state index contributed by atoms with van der Waals surface area (Å²) in [6, 6.07) is 7.54. The van der Waals surface area contributed by atoms with Gasteiger partial charge in [-0.1, -0.05) is 6.07 Å². The summed E-state index contributed by atoms with van der Waals surface area (Å²) < 4.78 is 5.56. The molecule has 1 aromatic rings. The van der Waals surface area contributed by atoms with E-state index in [1.807, 2.05) is 26.0 Å². The van der Waals surface area contributed by atoms with Crippen LogP contribution in [-0.4, -0.2) is 31.1 Å². The zero-order chi connectivity index (χ0) is 12.3. The van der Waals surface area contributed by atoms with Gasteiger partial charge in [-0.3, -0.25) is 4.79 Å². The Hall–Kier alpha value is -1.55. The third kappa shape index (κ3) is 3.20. The number of carbonyl (C=O) groups is 1. The van der Waals surface area contributed by atoms with Gasteiger partial charge in [-0.15, -0.1) is 0 Å². The van der Waals surface area contributed by atoms with Crippen LogP contribution in [0, 0.1) is 0 Å². The maximum Gasteiger partial charge on any atom is 0.251 e. The van der Waals surface area contributed by atoms with E-state index in [0.29, 0.717) is 5.56 Å². The number of amides is 1. The van der Waals surface area contributed by atoms with Crippen molar-refractivity contribution in [3.05, 3.63) is 29.8 Å². The molecule has 1 fully saturated rings. The van der Waals surface area contributed by atoms with Crippen LogP contribution >= 0.6 is 0 Å². The van der Waals surface area contributed by atoms with Gasteiger partial charge in [-0.05, 0) is 32.0 Å². The van der Waals surface area contributed by atoms with Crippen LogP contribution in [0.2, 0.25) is 0 Å². The van der Waals surface area contributed by atoms with E-state index in [1.165, 1.54) is 0 Å². The fourth-order valence-corrected chi connectivity index (χ4v) is 1.64. The molecule has 1 amide bonds. The van der Waals surface area contributed by atoms with Crippen molar-refractivity contribution in [3.63, 3.8) is 0 Å². The SMILES string of the molecule is CC(C)Oc1cccc(C(=O)NC2CNC2)c1. The molecule has 2 N–H and O–H groups in total. The first-order chi connectivity index (χ1) is 8.15. The van der Waals surface area contributed by atoms with E-state index in [0.717, 1.165) is 18.8 Å². The van der Waals surface area contributed by atoms with Gasteiger partial charge in [-0.25, -0.2) is 0 Å². The van der Waals surface area contributed by atoms with E-state index in [4.69, 9.17) is 4.74 Å². The third-order valence-electron chi connectivity index (χ3n) is 2.58. The quantitative estimate of drug-likeness (QED) is 0.822. The van der Waals surface area contributed by atoms with Gasteiger partial charge in [0, 0.05) is 18.7 Å². The van der Waals surface area contributed by atoms with Crippen molar-refractivity contribution in [2.24, 2.45) is 0 Å². The summed E-state index contributed by atoms with van der Waals surface area (Å²) in [5.74, 6) is 0.699. The molecule has 1 heterocycles. The summed E-state index contributed by atoms with van der Waals surface area (Å²) in [6.45, 7) is 5.64. The monoisotopic (exact) mass is 234 g/mol. The van der Waals surface area contributed by atoms with Crippen molar-refractivity contribution in [2.45, 2.75) is 26.0 Å². The fourth-order valence-electron chi connectivity index (χ4n) is 1.64. The van der Waals surface area contributed by atoms with E-state index in [-0.39, 0.29) is 18.1 Å². The summed E-state index contributed by atoms with van der Waals surface area (Å²) in [4.78, 5) is 11.9. The number of carbonyl (C=O) groups excluding carboxylic acids is 1. The molecule has 17 heavy (non-hydrogen) atoms. The second-order valence-electron chi connectivity index (χ2n) is 4.52. The predicted molar refractivity (Wildman–Crippen MR) is 66.3 cm³/mol. The molecule has 0 saturated carbocycles. The van der Waals surface area contributed by atoms with Gasteiger partial charge in [0.2, 0.25) is 0 Å². The Labute approximate surface area is 101 Å². The highest BCUT2D eigenvalue weighted by molar-refractivity contribution is 5.94. The van der Waals surface area contributed by atoms with Gasteiger partial charge in [0.25, 0.3) is 5.91 Å². The van der Waals surface area contributed by atoms with Gasteiger partial charge in [0.05, 0.1) is 12.1 Å². The Morgan fingerprint density at radius 2 is 2.24 bits per heavy atom. The minimum absolute atomic E-state index is 0.0364. The van der Waals surface area contributed by atoms with E-state index in [9.17, 15) is 4.79 Å². The maximum absolute atomic E-state index is 11.9. The zero-order valence-corrected chi connectivity index (χ0v) is 10.2. The topological polar surface area (TPSA) is 50.4 Å². The highest BCUT2D eigenvalue weighted by Gasteiger charge is 2.19. The molecule has 0 radical (unpaired) electrons. The lowest BCUT2D eigenvalue weighted by Crippen LogP contribution is -2.56. The number of benzene rings is 1. The Morgan fingerprint density at radius 3 is 2.82 bits per heavy atom. The summed E-state index contributed by atoms with van der Waals surface area (Å²) in [5.41, 5.74) is 0.648. The fraction of sp³-hybridized carbons (Fsp3) is 0.462. The van der Waals surface area contributed by atoms with Crippen molar-refractivity contribution >= 4 is 5.91 Å². The van der Waals surface area contributed by atoms with Gasteiger partial charge < -0.3 is 15.4 Å². The molecule has 0 unspecified atom stereocenters. The second kappa shape index (κ2) is 5.19. The second-order valence-corrected chi connectivity index (χ2v) is 4.52. The van der Waals surface area contributed by atoms with Crippen LogP contribution in [0.4, 0.5) is 0 Å². The molecule has 0 atom stereocenters. The first-order valence-corrected chi connectivity index (χ1v) is 5.93. The van der Waals surface area contributed by atoms with E-state index in [1.54, 1.807) is 12.1 Å². The molecule has 0 bridgehead atoms. The average Bonchev–Trinajstić information content (AvgIpc) is 2.22. The number of ether oxygens (including phenoxy) is 1. The number of rotatable bonds is 4. The Morgan fingerprint density at radius 1 is 1.47 bits per heavy atom. The first kappa shape index (κ1) is 11.9. The molecule has 4 heteroatoms. The summed E-state index contributed by atoms with van der Waals surface area (Å²) in [7, 11) is 0. The van der Waals surface area contributed by atoms with Crippen molar-refractivity contribution in [1.82, 2.24) is 10.6 Å². The molecule has 0 spiro atoms. The maximum atomic E-state index is 11.9. The largest absolute Gasteiger partial charge is 0.491 e. The molecule has 2 rings (SSSR count). The smallest absolute Gasteiger partial charge is 0.251 e. The highest BCUT2D eigenvalue weighted by Crippen LogP contribution is 2.15. The van der Waals surface area contributed by atoms with Crippen molar-refractivity contribution < 1.29 is 9.53 Å². The van der Waals surface area contributed by atoms with Crippen LogP contribution in [-0.2, 0) is 0 Å². The van der Waals surface area contributed by atoms with Crippen LogP contribution in [0.25, 0.3) is 0 Å². The standard InChI is InChI=1S/C13H18N2O2/c1-9(2)17-12-5-3-4-10(6-12)13(16)15-11-7-14-8-11/h3-6,9,11,14H,7-8H2,1-2H3,(H,15,16). The van der Waals surface area contributed by atoms with Crippen molar-refractivity contribution in [3.8, 4) is 5.75 Å². The van der Waals surface area contributed by atoms with Gasteiger partial charge in [-0.2, -0.15) is 0 Å². The predicted octanol–water partition coefficient (Wildman–Crippen LogP) is 1.18. The molecule has 0 aromatic heterocycles. The molecule has 1 saturated heterocycles. The molecular formula is C13H18N2O2. The van der Waals surface area contributed by atoms with Crippen molar-refractivity contribution in [1.29, 1.82) is 0 Å². The molecule has 1 aliphatic heterocycles. The van der Waals surface area contributed by atoms with Crippen LogP contribution in [0.15, 0.2) is 24.3 Å². The van der Waals surface area contributed by atoms with Crippen LogP contribution in [0.1, 0.15) is 24.2 Å². The molecule has 1 aromatic carbocycles. The van der Waals surface area contributed by atoms with Gasteiger partial charge >= 0.3 is 0 Å². The van der Waals surface area contributed by atoms with E-state index in [2.05, 4.69) is 10.6 Å². The van der Waals surface area contributed by atoms with Crippen LogP contribution in [0.3, 0.4) is 0 Å². The highest BCUT2D eigenvalue weighted by atomic mass is 16.5. The lowest BCUT2D eigenvalue weighted by Gasteiger charge is -2.28. The normalized spacial score (nSPS) is 15.5. The van der Waals surface area contributed by atoms with Crippen LogP contribution in [0.5, 0.6) is 5.75 Å². The molecule has 1 aliphatic rings. The number of hydrogen-bond donors (Lipinski definition) is 2. The summed E-state index contributed by atoms with van der Waals surface area (Å²) >= 11 is 0.